The topological polar surface area (TPSA) is 112 Å². The Morgan fingerprint density at radius 2 is 2.18 bits per heavy atom. The monoisotopic (exact) mass is 444 g/mol. The number of rotatable bonds is 3. The third-order valence-corrected chi connectivity index (χ3v) is 5.43. The standard InChI is InChI=1S/C18H17BrN6O3/c1-28-16(26)12-3-4-13-15(22-12)25(18(9-20)6-7-24(13)10-18)17(27)23-14-5-2-11(19)8-21-14/h2-5,8-9,20H,6-7,10H2,1H3,(H,21,23,27). The molecular formula is C18H17BrN6O3. The molecule has 2 N–H and O–H groups in total. The molecule has 144 valence electrons. The maximum atomic E-state index is 13.2. The number of nitrogens with zero attached hydrogens (tertiary/aromatic N) is 4. The fourth-order valence-electron chi connectivity index (χ4n) is 3.58. The number of hydrogen-bond donors (Lipinski definition) is 2. The highest BCUT2D eigenvalue weighted by atomic mass is 79.9. The van der Waals surface area contributed by atoms with Gasteiger partial charge in [-0.05, 0) is 46.6 Å². The molecule has 0 aromatic carbocycles. The van der Waals surface area contributed by atoms with Gasteiger partial charge in [-0.15, -0.1) is 0 Å². The van der Waals surface area contributed by atoms with E-state index in [-0.39, 0.29) is 5.69 Å². The number of hydrogen-bond acceptors (Lipinski definition) is 7. The molecule has 4 heterocycles. The number of methoxy groups -OCH3 is 1. The summed E-state index contributed by atoms with van der Waals surface area (Å²) in [5, 5.41) is 10.8. The van der Waals surface area contributed by atoms with Crippen molar-refractivity contribution < 1.29 is 14.3 Å². The van der Waals surface area contributed by atoms with Gasteiger partial charge in [0.1, 0.15) is 11.4 Å². The molecule has 2 amide bonds. The molecule has 2 aromatic rings. The number of ether oxygens (including phenoxy) is 1. The molecule has 2 aromatic heterocycles. The second kappa shape index (κ2) is 6.86. The first-order valence-electron chi connectivity index (χ1n) is 8.56. The minimum Gasteiger partial charge on any atom is -0.464 e. The van der Waals surface area contributed by atoms with Crippen LogP contribution in [0.15, 0.2) is 34.9 Å². The molecule has 10 heteroatoms. The first kappa shape index (κ1) is 18.4. The molecule has 1 fully saturated rings. The van der Waals surface area contributed by atoms with Gasteiger partial charge in [0, 0.05) is 30.0 Å². The van der Waals surface area contributed by atoms with Gasteiger partial charge >= 0.3 is 12.0 Å². The molecule has 2 aliphatic rings. The van der Waals surface area contributed by atoms with Crippen LogP contribution in [-0.2, 0) is 4.74 Å². The van der Waals surface area contributed by atoms with Gasteiger partial charge in [-0.25, -0.2) is 19.6 Å². The van der Waals surface area contributed by atoms with E-state index in [4.69, 9.17) is 10.1 Å². The maximum Gasteiger partial charge on any atom is 0.356 e. The van der Waals surface area contributed by atoms with Crippen LogP contribution in [-0.4, -0.2) is 53.9 Å². The number of urea groups is 1. The largest absolute Gasteiger partial charge is 0.464 e. The van der Waals surface area contributed by atoms with Crippen LogP contribution < -0.4 is 15.1 Å². The smallest absolute Gasteiger partial charge is 0.356 e. The molecular weight excluding hydrogens is 428 g/mol. The third-order valence-electron chi connectivity index (χ3n) is 4.96. The Labute approximate surface area is 169 Å². The summed E-state index contributed by atoms with van der Waals surface area (Å²) in [7, 11) is 1.28. The highest BCUT2D eigenvalue weighted by Gasteiger charge is 2.51. The highest BCUT2D eigenvalue weighted by molar-refractivity contribution is 9.10. The predicted octanol–water partition coefficient (Wildman–Crippen LogP) is 2.68. The van der Waals surface area contributed by atoms with Gasteiger partial charge in [0.15, 0.2) is 11.5 Å². The van der Waals surface area contributed by atoms with E-state index in [1.54, 1.807) is 30.5 Å². The lowest BCUT2D eigenvalue weighted by atomic mass is 9.96. The average Bonchev–Trinajstić information content (AvgIpc) is 3.09. The van der Waals surface area contributed by atoms with E-state index >= 15 is 0 Å². The Hall–Kier alpha value is -3.01. The van der Waals surface area contributed by atoms with Gasteiger partial charge in [-0.2, -0.15) is 0 Å². The highest BCUT2D eigenvalue weighted by Crippen LogP contribution is 2.44. The normalized spacial score (nSPS) is 19.8. The van der Waals surface area contributed by atoms with Gasteiger partial charge in [-0.1, -0.05) is 0 Å². The SMILES string of the molecule is COC(=O)c1ccc2c(n1)N(C(=O)Nc1ccc(Br)cn1)C1(C=N)CCN2C1. The Balaban J connectivity index is 1.77. The summed E-state index contributed by atoms with van der Waals surface area (Å²) in [4.78, 5) is 37.2. The quantitative estimate of drug-likeness (QED) is 0.555. The van der Waals surface area contributed by atoms with Crippen LogP contribution >= 0.6 is 15.9 Å². The van der Waals surface area contributed by atoms with Gasteiger partial charge in [0.2, 0.25) is 0 Å². The van der Waals surface area contributed by atoms with Crippen molar-refractivity contribution in [1.82, 2.24) is 9.97 Å². The van der Waals surface area contributed by atoms with E-state index in [1.807, 2.05) is 0 Å². The van der Waals surface area contributed by atoms with Gasteiger partial charge < -0.3 is 15.0 Å². The van der Waals surface area contributed by atoms with Crippen LogP contribution in [0, 0.1) is 5.41 Å². The molecule has 1 unspecified atom stereocenters. The average molecular weight is 445 g/mol. The molecule has 1 saturated heterocycles. The lowest BCUT2D eigenvalue weighted by Crippen LogP contribution is -2.59. The number of aromatic nitrogens is 2. The number of anilines is 3. The fraction of sp³-hybridized carbons (Fsp3) is 0.278. The summed E-state index contributed by atoms with van der Waals surface area (Å²) >= 11 is 3.31. The van der Waals surface area contributed by atoms with Crippen molar-refractivity contribution in [2.24, 2.45) is 0 Å². The van der Waals surface area contributed by atoms with Crippen LogP contribution in [0.1, 0.15) is 16.9 Å². The summed E-state index contributed by atoms with van der Waals surface area (Å²) in [6.45, 7) is 1.17. The van der Waals surface area contributed by atoms with Crippen molar-refractivity contribution >= 4 is 51.5 Å². The molecule has 2 bridgehead atoms. The number of amides is 2. The van der Waals surface area contributed by atoms with Crippen LogP contribution in [0.3, 0.4) is 0 Å². The van der Waals surface area contributed by atoms with E-state index in [2.05, 4.69) is 36.1 Å². The Bertz CT molecular complexity index is 966. The molecule has 4 rings (SSSR count). The summed E-state index contributed by atoms with van der Waals surface area (Å²) in [5.41, 5.74) is -0.00114. The number of halogens is 1. The van der Waals surface area contributed by atoms with Crippen LogP contribution in [0.4, 0.5) is 22.1 Å². The van der Waals surface area contributed by atoms with Crippen LogP contribution in [0.25, 0.3) is 0 Å². The second-order valence-corrected chi connectivity index (χ2v) is 7.49. The zero-order valence-electron chi connectivity index (χ0n) is 15.0. The number of carbonyl (C=O) groups is 2. The van der Waals surface area contributed by atoms with Crippen LogP contribution in [0.2, 0.25) is 0 Å². The second-order valence-electron chi connectivity index (χ2n) is 6.58. The number of esters is 1. The van der Waals surface area contributed by atoms with E-state index < -0.39 is 17.5 Å². The number of nitrogens with one attached hydrogen (secondary N) is 2. The first-order valence-corrected chi connectivity index (χ1v) is 9.35. The lowest BCUT2D eigenvalue weighted by molar-refractivity contribution is 0.0594. The molecule has 0 saturated carbocycles. The van der Waals surface area contributed by atoms with Crippen molar-refractivity contribution in [2.75, 3.05) is 35.3 Å². The molecule has 2 aliphatic heterocycles. The van der Waals surface area contributed by atoms with Gasteiger partial charge in [0.25, 0.3) is 0 Å². The first-order chi connectivity index (χ1) is 13.5. The number of fused-ring (bicyclic) bond motifs is 4. The van der Waals surface area contributed by atoms with Crippen molar-refractivity contribution in [1.29, 1.82) is 5.41 Å². The summed E-state index contributed by atoms with van der Waals surface area (Å²) in [6.07, 6.45) is 3.44. The maximum absolute atomic E-state index is 13.2. The molecule has 1 atom stereocenters. The third kappa shape index (κ3) is 2.89. The van der Waals surface area contributed by atoms with E-state index in [9.17, 15) is 9.59 Å². The van der Waals surface area contributed by atoms with E-state index in [0.717, 1.165) is 10.2 Å². The summed E-state index contributed by atoms with van der Waals surface area (Å²) in [5.74, 6) is 0.110. The molecule has 0 spiro atoms. The fourth-order valence-corrected chi connectivity index (χ4v) is 3.82. The van der Waals surface area contributed by atoms with Gasteiger partial charge in [0.05, 0.1) is 12.8 Å². The minimum absolute atomic E-state index is 0.100. The summed E-state index contributed by atoms with van der Waals surface area (Å²) < 4.78 is 5.55. The molecule has 28 heavy (non-hydrogen) atoms. The Morgan fingerprint density at radius 1 is 1.36 bits per heavy atom. The zero-order valence-corrected chi connectivity index (χ0v) is 16.6. The van der Waals surface area contributed by atoms with Crippen molar-refractivity contribution in [3.05, 3.63) is 40.6 Å². The van der Waals surface area contributed by atoms with E-state index in [1.165, 1.54) is 18.2 Å². The number of carbonyl (C=O) groups excluding carboxylic acids is 2. The lowest BCUT2D eigenvalue weighted by Gasteiger charge is -2.42. The van der Waals surface area contributed by atoms with Gasteiger partial charge in [-0.3, -0.25) is 10.2 Å². The van der Waals surface area contributed by atoms with Crippen molar-refractivity contribution in [2.45, 2.75) is 12.0 Å². The van der Waals surface area contributed by atoms with E-state index in [0.29, 0.717) is 31.1 Å². The summed E-state index contributed by atoms with van der Waals surface area (Å²) in [6, 6.07) is 6.31. The number of pyridine rings is 2. The predicted molar refractivity (Wildman–Crippen MR) is 107 cm³/mol. The van der Waals surface area contributed by atoms with Crippen molar-refractivity contribution in [3.63, 3.8) is 0 Å². The molecule has 0 radical (unpaired) electrons. The molecule has 0 aliphatic carbocycles. The Kier molecular flexibility index (Phi) is 4.50. The van der Waals surface area contributed by atoms with Crippen molar-refractivity contribution in [3.8, 4) is 0 Å². The van der Waals surface area contributed by atoms with Crippen LogP contribution in [0.5, 0.6) is 0 Å². The molecule has 9 nitrogen and oxygen atoms in total. The Morgan fingerprint density at radius 3 is 2.86 bits per heavy atom. The zero-order chi connectivity index (χ0) is 19.9. The minimum atomic E-state index is -0.839.